The molecule has 1 amide bonds. The van der Waals surface area contributed by atoms with Gasteiger partial charge in [-0.25, -0.2) is 4.79 Å². The van der Waals surface area contributed by atoms with E-state index in [0.717, 1.165) is 25.7 Å². The molecule has 1 rings (SSSR count). The number of hydrogen-bond donors (Lipinski definition) is 2. The number of carbonyl (C=O) groups excluding carboxylic acids is 1. The minimum absolute atomic E-state index is 0.232. The highest BCUT2D eigenvalue weighted by atomic mass is 32.1. The molecule has 3 nitrogen and oxygen atoms in total. The van der Waals surface area contributed by atoms with E-state index in [0.29, 0.717) is 5.25 Å². The van der Waals surface area contributed by atoms with Crippen LogP contribution in [-0.2, 0) is 4.74 Å². The Hall–Kier alpha value is -0.380. The van der Waals surface area contributed by atoms with Crippen LogP contribution in [-0.4, -0.2) is 23.0 Å². The van der Waals surface area contributed by atoms with Crippen LogP contribution in [0.15, 0.2) is 0 Å². The van der Waals surface area contributed by atoms with Gasteiger partial charge in [0, 0.05) is 11.3 Å². The lowest BCUT2D eigenvalue weighted by molar-refractivity contribution is 0.0494. The summed E-state index contributed by atoms with van der Waals surface area (Å²) >= 11 is 4.44. The molecular formula is C11H21NO2S. The summed E-state index contributed by atoms with van der Waals surface area (Å²) in [6.45, 7) is 5.61. The highest BCUT2D eigenvalue weighted by Crippen LogP contribution is 2.22. The minimum Gasteiger partial charge on any atom is -0.444 e. The molecule has 1 fully saturated rings. The van der Waals surface area contributed by atoms with Gasteiger partial charge in [-0.15, -0.1) is 0 Å². The van der Waals surface area contributed by atoms with Crippen molar-refractivity contribution in [3.63, 3.8) is 0 Å². The summed E-state index contributed by atoms with van der Waals surface area (Å²) in [7, 11) is 0. The summed E-state index contributed by atoms with van der Waals surface area (Å²) in [5.74, 6) is 0. The third-order valence-corrected chi connectivity index (χ3v) is 2.84. The average molecular weight is 231 g/mol. The van der Waals surface area contributed by atoms with Crippen LogP contribution in [0.25, 0.3) is 0 Å². The van der Waals surface area contributed by atoms with Gasteiger partial charge in [0.05, 0.1) is 0 Å². The summed E-state index contributed by atoms with van der Waals surface area (Å²) in [5.41, 5.74) is -0.418. The van der Waals surface area contributed by atoms with E-state index in [1.165, 1.54) is 0 Å². The maximum atomic E-state index is 11.5. The zero-order valence-electron chi connectivity index (χ0n) is 9.75. The fourth-order valence-corrected chi connectivity index (χ4v) is 2.21. The molecular weight excluding hydrogens is 210 g/mol. The van der Waals surface area contributed by atoms with Crippen LogP contribution in [0.3, 0.4) is 0 Å². The standard InChI is InChI=1S/C11H21NO2S/c1-11(2,3)14-10(13)12-8-5-4-6-9(15)7-8/h8-9,15H,4-7H2,1-3H3,(H,12,13)/t8-,9+/m0/s1. The number of ether oxygens (including phenoxy) is 1. The number of alkyl carbamates (subject to hydrolysis) is 1. The summed E-state index contributed by atoms with van der Waals surface area (Å²) in [6.07, 6.45) is 3.96. The minimum atomic E-state index is -0.418. The molecule has 1 N–H and O–H groups in total. The molecule has 88 valence electrons. The first kappa shape index (κ1) is 12.7. The SMILES string of the molecule is CC(C)(C)OC(=O)N[C@H]1CCC[C@@H](S)C1. The molecule has 4 heteroatoms. The van der Waals surface area contributed by atoms with Crippen LogP contribution < -0.4 is 5.32 Å². The van der Waals surface area contributed by atoms with Gasteiger partial charge in [-0.05, 0) is 40.0 Å². The van der Waals surface area contributed by atoms with Gasteiger partial charge < -0.3 is 10.1 Å². The molecule has 0 aromatic carbocycles. The Labute approximate surface area is 97.4 Å². The molecule has 0 heterocycles. The van der Waals surface area contributed by atoms with E-state index >= 15 is 0 Å². The second kappa shape index (κ2) is 5.10. The third kappa shape index (κ3) is 5.30. The molecule has 0 spiro atoms. The summed E-state index contributed by atoms with van der Waals surface area (Å²) in [6, 6.07) is 0.232. The van der Waals surface area contributed by atoms with Crippen molar-refractivity contribution >= 4 is 18.7 Å². The number of nitrogens with one attached hydrogen (secondary N) is 1. The first-order valence-electron chi connectivity index (χ1n) is 5.54. The Morgan fingerprint density at radius 1 is 1.40 bits per heavy atom. The van der Waals surface area contributed by atoms with E-state index in [1.807, 2.05) is 20.8 Å². The maximum Gasteiger partial charge on any atom is 0.407 e. The molecule has 2 atom stereocenters. The van der Waals surface area contributed by atoms with E-state index in [4.69, 9.17) is 4.74 Å². The van der Waals surface area contributed by atoms with E-state index in [-0.39, 0.29) is 12.1 Å². The highest BCUT2D eigenvalue weighted by molar-refractivity contribution is 7.80. The zero-order valence-corrected chi connectivity index (χ0v) is 10.6. The van der Waals surface area contributed by atoms with Gasteiger partial charge in [-0.1, -0.05) is 6.42 Å². The van der Waals surface area contributed by atoms with E-state index in [2.05, 4.69) is 17.9 Å². The molecule has 0 unspecified atom stereocenters. The second-order valence-electron chi connectivity index (χ2n) is 5.16. The van der Waals surface area contributed by atoms with Gasteiger partial charge >= 0.3 is 6.09 Å². The fraction of sp³-hybridized carbons (Fsp3) is 0.909. The lowest BCUT2D eigenvalue weighted by atomic mass is 9.95. The quantitative estimate of drug-likeness (QED) is 0.681. The number of thiol groups is 1. The zero-order chi connectivity index (χ0) is 11.5. The van der Waals surface area contributed by atoms with Gasteiger partial charge in [0.15, 0.2) is 0 Å². The van der Waals surface area contributed by atoms with Gasteiger partial charge in [0.25, 0.3) is 0 Å². The molecule has 0 saturated heterocycles. The molecule has 0 bridgehead atoms. The molecule has 1 aliphatic carbocycles. The lowest BCUT2D eigenvalue weighted by Crippen LogP contribution is -2.41. The van der Waals surface area contributed by atoms with E-state index < -0.39 is 5.60 Å². The monoisotopic (exact) mass is 231 g/mol. The van der Waals surface area contributed by atoms with Crippen molar-refractivity contribution in [3.8, 4) is 0 Å². The smallest absolute Gasteiger partial charge is 0.407 e. The number of amides is 1. The topological polar surface area (TPSA) is 38.3 Å². The third-order valence-electron chi connectivity index (χ3n) is 2.37. The van der Waals surface area contributed by atoms with Gasteiger partial charge in [0.2, 0.25) is 0 Å². The van der Waals surface area contributed by atoms with Crippen molar-refractivity contribution in [2.75, 3.05) is 0 Å². The Balaban J connectivity index is 2.31. The Morgan fingerprint density at radius 2 is 2.07 bits per heavy atom. The predicted octanol–water partition coefficient (Wildman–Crippen LogP) is 2.75. The van der Waals surface area contributed by atoms with Gasteiger partial charge in [-0.3, -0.25) is 0 Å². The molecule has 1 saturated carbocycles. The summed E-state index contributed by atoms with van der Waals surface area (Å²) in [5, 5.41) is 3.31. The van der Waals surface area contributed by atoms with Crippen LogP contribution in [0, 0.1) is 0 Å². The van der Waals surface area contributed by atoms with Crippen molar-refractivity contribution in [2.45, 2.75) is 63.3 Å². The molecule has 0 aliphatic heterocycles. The van der Waals surface area contributed by atoms with Crippen LogP contribution in [0.2, 0.25) is 0 Å². The first-order valence-corrected chi connectivity index (χ1v) is 6.06. The molecule has 1 aliphatic rings. The Morgan fingerprint density at radius 3 is 2.60 bits per heavy atom. The molecule has 0 radical (unpaired) electrons. The second-order valence-corrected chi connectivity index (χ2v) is 5.89. The normalized spacial score (nSPS) is 27.2. The number of rotatable bonds is 1. The van der Waals surface area contributed by atoms with E-state index in [1.54, 1.807) is 0 Å². The maximum absolute atomic E-state index is 11.5. The van der Waals surface area contributed by atoms with Crippen molar-refractivity contribution in [1.82, 2.24) is 5.32 Å². The van der Waals surface area contributed by atoms with Crippen LogP contribution in [0.5, 0.6) is 0 Å². The fourth-order valence-electron chi connectivity index (χ4n) is 1.77. The van der Waals surface area contributed by atoms with Crippen LogP contribution in [0.1, 0.15) is 46.5 Å². The summed E-state index contributed by atoms with van der Waals surface area (Å²) < 4.78 is 5.20. The van der Waals surface area contributed by atoms with Crippen molar-refractivity contribution < 1.29 is 9.53 Å². The first-order chi connectivity index (χ1) is 6.87. The largest absolute Gasteiger partial charge is 0.444 e. The van der Waals surface area contributed by atoms with Crippen molar-refractivity contribution in [2.24, 2.45) is 0 Å². The highest BCUT2D eigenvalue weighted by Gasteiger charge is 2.23. The molecule has 0 aromatic rings. The van der Waals surface area contributed by atoms with Crippen LogP contribution in [0.4, 0.5) is 4.79 Å². The van der Waals surface area contributed by atoms with Gasteiger partial charge in [0.1, 0.15) is 5.60 Å². The number of carbonyl (C=O) groups is 1. The van der Waals surface area contributed by atoms with Gasteiger partial charge in [-0.2, -0.15) is 12.6 Å². The van der Waals surface area contributed by atoms with Crippen molar-refractivity contribution in [3.05, 3.63) is 0 Å². The number of hydrogen-bond acceptors (Lipinski definition) is 3. The average Bonchev–Trinajstić information content (AvgIpc) is 1.99. The Bertz CT molecular complexity index is 225. The lowest BCUT2D eigenvalue weighted by Gasteiger charge is -2.28. The Kier molecular flexibility index (Phi) is 4.32. The van der Waals surface area contributed by atoms with E-state index in [9.17, 15) is 4.79 Å². The van der Waals surface area contributed by atoms with Crippen molar-refractivity contribution in [1.29, 1.82) is 0 Å². The predicted molar refractivity (Wildman–Crippen MR) is 64.4 cm³/mol. The molecule has 0 aromatic heterocycles. The van der Waals surface area contributed by atoms with Crippen LogP contribution >= 0.6 is 12.6 Å². The summed E-state index contributed by atoms with van der Waals surface area (Å²) in [4.78, 5) is 11.5. The molecule has 15 heavy (non-hydrogen) atoms.